The average Bonchev–Trinajstić information content (AvgIpc) is 3.39. The van der Waals surface area contributed by atoms with Crippen molar-refractivity contribution in [2.24, 2.45) is 5.92 Å². The summed E-state index contributed by atoms with van der Waals surface area (Å²) >= 11 is 0. The van der Waals surface area contributed by atoms with E-state index in [9.17, 15) is 4.79 Å². The highest BCUT2D eigenvalue weighted by atomic mass is 16.2. The minimum atomic E-state index is -0.123. The molecule has 3 aromatic heterocycles. The highest BCUT2D eigenvalue weighted by Gasteiger charge is 2.32. The van der Waals surface area contributed by atoms with Crippen LogP contribution in [0.1, 0.15) is 85.0 Å². The number of fused-ring (bicyclic) bond motifs is 1. The fraction of sp³-hybridized carbons (Fsp3) is 0.522. The van der Waals surface area contributed by atoms with Gasteiger partial charge in [0.05, 0.1) is 17.4 Å². The van der Waals surface area contributed by atoms with Gasteiger partial charge in [0.1, 0.15) is 0 Å². The number of aryl methyl sites for hydroxylation is 1. The summed E-state index contributed by atoms with van der Waals surface area (Å²) in [5, 5.41) is 4.83. The number of amides is 1. The number of piperidine rings is 1. The highest BCUT2D eigenvalue weighted by Crippen LogP contribution is 2.38. The molecule has 156 valence electrons. The van der Waals surface area contributed by atoms with Crippen LogP contribution in [0, 0.1) is 12.8 Å². The van der Waals surface area contributed by atoms with Crippen LogP contribution in [-0.2, 0) is 0 Å². The van der Waals surface area contributed by atoms with Crippen molar-refractivity contribution in [2.45, 2.75) is 64.3 Å². The van der Waals surface area contributed by atoms with Gasteiger partial charge in [-0.3, -0.25) is 4.79 Å². The molecule has 5 rings (SSSR count). The summed E-state index contributed by atoms with van der Waals surface area (Å²) in [7, 11) is 0. The number of nitrogens with zero attached hydrogens (tertiary/aromatic N) is 6. The van der Waals surface area contributed by atoms with Crippen LogP contribution in [0.4, 0.5) is 0 Å². The first kappa shape index (κ1) is 19.2. The third-order valence-electron chi connectivity index (χ3n) is 6.63. The summed E-state index contributed by atoms with van der Waals surface area (Å²) in [6, 6.07) is 3.72. The minimum Gasteiger partial charge on any atom is -0.327 e. The van der Waals surface area contributed by atoms with Crippen molar-refractivity contribution in [3.8, 4) is 0 Å². The van der Waals surface area contributed by atoms with Crippen LogP contribution in [-0.4, -0.2) is 41.9 Å². The van der Waals surface area contributed by atoms with Gasteiger partial charge in [0, 0.05) is 37.1 Å². The SMILES string of the molecule is Cc1cn2nc([C@@H]3CCCCN3C(=O)c3ncccn3)cc2nc1C1CC[C@H](C)C1. The fourth-order valence-electron chi connectivity index (χ4n) is 5.09. The van der Waals surface area contributed by atoms with Crippen molar-refractivity contribution in [1.29, 1.82) is 0 Å². The number of carbonyl (C=O) groups excluding carboxylic acids is 1. The Morgan fingerprint density at radius 3 is 2.73 bits per heavy atom. The molecule has 1 saturated carbocycles. The van der Waals surface area contributed by atoms with Gasteiger partial charge in [0.25, 0.3) is 5.91 Å². The van der Waals surface area contributed by atoms with Gasteiger partial charge in [-0.05, 0) is 56.6 Å². The standard InChI is InChI=1S/C23H28N6O/c1-15-7-8-17(12-15)21-16(2)14-29-20(26-21)13-18(27-29)19-6-3-4-11-28(19)23(30)22-24-9-5-10-25-22/h5,9-10,13-15,17,19H,3-4,6-8,11-12H2,1-2H3/t15-,17?,19-/m0/s1. The zero-order valence-corrected chi connectivity index (χ0v) is 17.7. The molecule has 3 aromatic rings. The monoisotopic (exact) mass is 404 g/mol. The molecule has 0 radical (unpaired) electrons. The molecular formula is C23H28N6O. The molecular weight excluding hydrogens is 376 g/mol. The summed E-state index contributed by atoms with van der Waals surface area (Å²) in [5.41, 5.74) is 4.19. The van der Waals surface area contributed by atoms with Gasteiger partial charge in [0.2, 0.25) is 5.82 Å². The Morgan fingerprint density at radius 2 is 1.97 bits per heavy atom. The van der Waals surface area contributed by atoms with Crippen LogP contribution < -0.4 is 0 Å². The molecule has 30 heavy (non-hydrogen) atoms. The largest absolute Gasteiger partial charge is 0.327 e. The predicted octanol–water partition coefficient (Wildman–Crippen LogP) is 4.10. The van der Waals surface area contributed by atoms with E-state index in [0.717, 1.165) is 36.5 Å². The van der Waals surface area contributed by atoms with Crippen LogP contribution in [0.25, 0.3) is 5.65 Å². The zero-order valence-electron chi connectivity index (χ0n) is 17.7. The maximum absolute atomic E-state index is 13.1. The first-order chi connectivity index (χ1) is 14.6. The summed E-state index contributed by atoms with van der Waals surface area (Å²) in [4.78, 5) is 28.3. The van der Waals surface area contributed by atoms with Crippen LogP contribution in [0.3, 0.4) is 0 Å². The van der Waals surface area contributed by atoms with Gasteiger partial charge < -0.3 is 4.90 Å². The van der Waals surface area contributed by atoms with Crippen LogP contribution in [0.15, 0.2) is 30.7 Å². The third-order valence-corrected chi connectivity index (χ3v) is 6.63. The molecule has 1 unspecified atom stereocenters. The molecule has 4 heterocycles. The Kier molecular flexibility index (Phi) is 4.97. The van der Waals surface area contributed by atoms with Gasteiger partial charge in [-0.25, -0.2) is 19.5 Å². The molecule has 2 fully saturated rings. The van der Waals surface area contributed by atoms with E-state index in [1.165, 1.54) is 30.5 Å². The van der Waals surface area contributed by atoms with E-state index in [-0.39, 0.29) is 17.8 Å². The van der Waals surface area contributed by atoms with Crippen molar-refractivity contribution in [1.82, 2.24) is 29.5 Å². The number of carbonyl (C=O) groups is 1. The highest BCUT2D eigenvalue weighted by molar-refractivity contribution is 5.90. The first-order valence-electron chi connectivity index (χ1n) is 11.0. The molecule has 1 aliphatic heterocycles. The van der Waals surface area contributed by atoms with Crippen LogP contribution in [0.2, 0.25) is 0 Å². The van der Waals surface area contributed by atoms with Crippen molar-refractivity contribution >= 4 is 11.6 Å². The lowest BCUT2D eigenvalue weighted by atomic mass is 9.98. The van der Waals surface area contributed by atoms with Crippen LogP contribution >= 0.6 is 0 Å². The van der Waals surface area contributed by atoms with E-state index < -0.39 is 0 Å². The van der Waals surface area contributed by atoms with E-state index in [4.69, 9.17) is 10.1 Å². The topological polar surface area (TPSA) is 76.3 Å². The molecule has 2 aliphatic rings. The average molecular weight is 405 g/mol. The molecule has 1 amide bonds. The molecule has 7 heteroatoms. The number of rotatable bonds is 3. The van der Waals surface area contributed by atoms with Gasteiger partial charge in [-0.1, -0.05) is 13.3 Å². The van der Waals surface area contributed by atoms with Crippen LogP contribution in [0.5, 0.6) is 0 Å². The Hall–Kier alpha value is -2.83. The maximum Gasteiger partial charge on any atom is 0.292 e. The van der Waals surface area contributed by atoms with Gasteiger partial charge in [0.15, 0.2) is 5.65 Å². The molecule has 7 nitrogen and oxygen atoms in total. The fourth-order valence-corrected chi connectivity index (χ4v) is 5.09. The summed E-state index contributed by atoms with van der Waals surface area (Å²) in [5.74, 6) is 1.45. The van der Waals surface area contributed by atoms with Gasteiger partial charge in [-0.2, -0.15) is 5.10 Å². The van der Waals surface area contributed by atoms with Gasteiger partial charge >= 0.3 is 0 Å². The normalized spacial score (nSPS) is 24.5. The van der Waals surface area contributed by atoms with E-state index >= 15 is 0 Å². The molecule has 0 aromatic carbocycles. The quantitative estimate of drug-likeness (QED) is 0.657. The predicted molar refractivity (Wildman–Crippen MR) is 113 cm³/mol. The maximum atomic E-state index is 13.1. The molecule has 0 N–H and O–H groups in total. The van der Waals surface area contributed by atoms with Gasteiger partial charge in [-0.15, -0.1) is 0 Å². The first-order valence-corrected chi connectivity index (χ1v) is 11.0. The molecule has 3 atom stereocenters. The lowest BCUT2D eigenvalue weighted by Crippen LogP contribution is -2.39. The summed E-state index contributed by atoms with van der Waals surface area (Å²) in [6.45, 7) is 5.17. The third kappa shape index (κ3) is 3.46. The molecule has 1 saturated heterocycles. The lowest BCUT2D eigenvalue weighted by Gasteiger charge is -2.34. The minimum absolute atomic E-state index is 0.0629. The smallest absolute Gasteiger partial charge is 0.292 e. The van der Waals surface area contributed by atoms with Crippen molar-refractivity contribution < 1.29 is 4.79 Å². The second-order valence-corrected chi connectivity index (χ2v) is 8.88. The van der Waals surface area contributed by atoms with E-state index in [1.54, 1.807) is 18.5 Å². The Balaban J connectivity index is 1.47. The number of hydrogen-bond acceptors (Lipinski definition) is 5. The Labute approximate surface area is 176 Å². The number of hydrogen-bond donors (Lipinski definition) is 0. The molecule has 0 bridgehead atoms. The Bertz CT molecular complexity index is 1060. The van der Waals surface area contributed by atoms with Crippen molar-refractivity contribution in [3.63, 3.8) is 0 Å². The lowest BCUT2D eigenvalue weighted by molar-refractivity contribution is 0.0593. The van der Waals surface area contributed by atoms with E-state index in [2.05, 4.69) is 36.1 Å². The summed E-state index contributed by atoms with van der Waals surface area (Å²) < 4.78 is 1.88. The van der Waals surface area contributed by atoms with E-state index in [0.29, 0.717) is 12.5 Å². The number of aromatic nitrogens is 5. The zero-order chi connectivity index (χ0) is 20.7. The van der Waals surface area contributed by atoms with Crippen molar-refractivity contribution in [2.75, 3.05) is 6.54 Å². The second-order valence-electron chi connectivity index (χ2n) is 8.88. The second kappa shape index (κ2) is 7.78. The molecule has 0 spiro atoms. The summed E-state index contributed by atoms with van der Waals surface area (Å²) in [6.07, 6.45) is 12.0. The van der Waals surface area contributed by atoms with Crippen molar-refractivity contribution in [3.05, 3.63) is 53.5 Å². The molecule has 1 aliphatic carbocycles. The number of likely N-dealkylation sites (tertiary alicyclic amines) is 1. The Morgan fingerprint density at radius 1 is 1.13 bits per heavy atom. The van der Waals surface area contributed by atoms with E-state index in [1.807, 2.05) is 9.42 Å².